The molecule has 0 bridgehead atoms. The quantitative estimate of drug-likeness (QED) is 0.101. The third-order valence-electron chi connectivity index (χ3n) is 9.58. The highest BCUT2D eigenvalue weighted by Crippen LogP contribution is 2.37. The van der Waals surface area contributed by atoms with Crippen molar-refractivity contribution in [1.82, 2.24) is 0 Å². The summed E-state index contributed by atoms with van der Waals surface area (Å²) in [6.07, 6.45) is 7.21. The Bertz CT molecular complexity index is 2000. The van der Waals surface area contributed by atoms with Crippen molar-refractivity contribution >= 4 is 64.6 Å². The maximum Gasteiger partial charge on any atom is 0.0722 e. The molecule has 8 aromatic rings. The predicted octanol–water partition coefficient (Wildman–Crippen LogP) is 11.6. The van der Waals surface area contributed by atoms with E-state index in [1.807, 2.05) is 0 Å². The molecule has 2 nitrogen and oxygen atoms in total. The van der Waals surface area contributed by atoms with Crippen LogP contribution in [-0.2, 0) is 22.7 Å². The van der Waals surface area contributed by atoms with Crippen LogP contribution in [0.3, 0.4) is 0 Å². The topological polar surface area (TPSA) is 18.5 Å². The zero-order valence-corrected chi connectivity index (χ0v) is 25.3. The van der Waals surface area contributed by atoms with Gasteiger partial charge in [0.25, 0.3) is 0 Å². The zero-order valence-electron chi connectivity index (χ0n) is 25.3. The van der Waals surface area contributed by atoms with Crippen LogP contribution in [0.2, 0.25) is 0 Å². The van der Waals surface area contributed by atoms with E-state index in [1.54, 1.807) is 0 Å². The minimum atomic E-state index is 0.678. The fourth-order valence-corrected chi connectivity index (χ4v) is 7.32. The summed E-state index contributed by atoms with van der Waals surface area (Å²) < 4.78 is 12.3. The number of hydrogen-bond donors (Lipinski definition) is 0. The van der Waals surface area contributed by atoms with Gasteiger partial charge in [-0.2, -0.15) is 0 Å². The van der Waals surface area contributed by atoms with Crippen molar-refractivity contribution in [3.8, 4) is 0 Å². The molecule has 44 heavy (non-hydrogen) atoms. The van der Waals surface area contributed by atoms with Crippen LogP contribution in [0.5, 0.6) is 0 Å². The second-order valence-corrected chi connectivity index (χ2v) is 12.4. The standard InChI is InChI=1S/C42H38O2/c1(3-5-25-43-27-35-19-17-33-15-13-29-9-7-11-31-21-23-37(35)41(33)39(29)31)2-4-6-26-44-28-36-20-18-34-16-14-30-10-8-12-32-22-24-38(36)42(34)40(30)32/h7-24H,1-6,25-28H2. The van der Waals surface area contributed by atoms with Gasteiger partial charge in [0.15, 0.2) is 0 Å². The lowest BCUT2D eigenvalue weighted by atomic mass is 9.92. The van der Waals surface area contributed by atoms with Crippen LogP contribution in [0.15, 0.2) is 109 Å². The summed E-state index contributed by atoms with van der Waals surface area (Å²) in [5.41, 5.74) is 2.58. The lowest BCUT2D eigenvalue weighted by molar-refractivity contribution is 0.115. The van der Waals surface area contributed by atoms with E-state index in [4.69, 9.17) is 9.47 Å². The second-order valence-electron chi connectivity index (χ2n) is 12.4. The Balaban J connectivity index is 0.760. The normalized spacial score (nSPS) is 12.3. The monoisotopic (exact) mass is 574 g/mol. The van der Waals surface area contributed by atoms with Crippen molar-refractivity contribution in [2.75, 3.05) is 13.2 Å². The van der Waals surface area contributed by atoms with Crippen molar-refractivity contribution in [2.45, 2.75) is 51.7 Å². The van der Waals surface area contributed by atoms with Crippen LogP contribution in [0.1, 0.15) is 49.7 Å². The Kier molecular flexibility index (Phi) is 7.47. The third kappa shape index (κ3) is 5.03. The Morgan fingerprint density at radius 1 is 0.318 bits per heavy atom. The van der Waals surface area contributed by atoms with Gasteiger partial charge < -0.3 is 9.47 Å². The molecule has 218 valence electrons. The van der Waals surface area contributed by atoms with Crippen LogP contribution < -0.4 is 0 Å². The molecule has 8 rings (SSSR count). The molecule has 0 radical (unpaired) electrons. The fourth-order valence-electron chi connectivity index (χ4n) is 7.32. The summed E-state index contributed by atoms with van der Waals surface area (Å²) in [7, 11) is 0. The predicted molar refractivity (Wildman–Crippen MR) is 187 cm³/mol. The SMILES string of the molecule is c1cc2ccc3ccc(COCCCCCCCCOCc4ccc5ccc6cccc7ccc4c5c67)c4ccc(c1)c2c34. The number of unbranched alkanes of at least 4 members (excludes halogenated alkanes) is 5. The molecule has 8 aromatic carbocycles. The highest BCUT2D eigenvalue weighted by molar-refractivity contribution is 6.24. The smallest absolute Gasteiger partial charge is 0.0722 e. The zero-order chi connectivity index (χ0) is 29.3. The van der Waals surface area contributed by atoms with E-state index in [2.05, 4.69) is 109 Å². The molecule has 0 amide bonds. The highest BCUT2D eigenvalue weighted by atomic mass is 16.5. The van der Waals surface area contributed by atoms with Gasteiger partial charge in [0.2, 0.25) is 0 Å². The number of rotatable bonds is 13. The largest absolute Gasteiger partial charge is 0.377 e. The van der Waals surface area contributed by atoms with Crippen molar-refractivity contribution in [2.24, 2.45) is 0 Å². The molecular formula is C42H38O2. The highest BCUT2D eigenvalue weighted by Gasteiger charge is 2.12. The van der Waals surface area contributed by atoms with Gasteiger partial charge in [-0.25, -0.2) is 0 Å². The molecule has 0 aliphatic heterocycles. The van der Waals surface area contributed by atoms with Crippen molar-refractivity contribution in [3.05, 3.63) is 120 Å². The molecule has 0 saturated carbocycles. The lowest BCUT2D eigenvalue weighted by Gasteiger charge is -2.14. The Morgan fingerprint density at radius 3 is 1.09 bits per heavy atom. The van der Waals surface area contributed by atoms with Crippen molar-refractivity contribution < 1.29 is 9.47 Å². The molecule has 0 heterocycles. The molecule has 0 fully saturated rings. The Hall–Kier alpha value is -4.24. The summed E-state index contributed by atoms with van der Waals surface area (Å²) >= 11 is 0. The van der Waals surface area contributed by atoms with Crippen LogP contribution >= 0.6 is 0 Å². The van der Waals surface area contributed by atoms with Gasteiger partial charge in [-0.05, 0) is 88.6 Å². The van der Waals surface area contributed by atoms with E-state index in [0.29, 0.717) is 13.2 Å². The van der Waals surface area contributed by atoms with E-state index in [9.17, 15) is 0 Å². The lowest BCUT2D eigenvalue weighted by Crippen LogP contribution is -1.98. The van der Waals surface area contributed by atoms with E-state index < -0.39 is 0 Å². The summed E-state index contributed by atoms with van der Waals surface area (Å²) in [5.74, 6) is 0. The van der Waals surface area contributed by atoms with Gasteiger partial charge in [0.1, 0.15) is 0 Å². The molecule has 0 atom stereocenters. The first-order chi connectivity index (χ1) is 21.8. The molecule has 0 aliphatic rings. The van der Waals surface area contributed by atoms with Gasteiger partial charge in [-0.1, -0.05) is 135 Å². The van der Waals surface area contributed by atoms with E-state index >= 15 is 0 Å². The first-order valence-electron chi connectivity index (χ1n) is 16.3. The van der Waals surface area contributed by atoms with Gasteiger partial charge >= 0.3 is 0 Å². The van der Waals surface area contributed by atoms with Gasteiger partial charge in [0.05, 0.1) is 13.2 Å². The number of ether oxygens (including phenoxy) is 2. The van der Waals surface area contributed by atoms with Crippen molar-refractivity contribution in [1.29, 1.82) is 0 Å². The number of benzene rings is 8. The van der Waals surface area contributed by atoms with Crippen LogP contribution in [0.4, 0.5) is 0 Å². The van der Waals surface area contributed by atoms with Gasteiger partial charge in [-0.15, -0.1) is 0 Å². The minimum Gasteiger partial charge on any atom is -0.377 e. The Labute approximate surface area is 258 Å². The molecule has 0 unspecified atom stereocenters. The summed E-state index contributed by atoms with van der Waals surface area (Å²) in [6, 6.07) is 40.2. The fraction of sp³-hybridized carbons (Fsp3) is 0.238. The molecule has 0 saturated heterocycles. The first kappa shape index (κ1) is 27.3. The average Bonchev–Trinajstić information content (AvgIpc) is 3.07. The van der Waals surface area contributed by atoms with Crippen LogP contribution in [0, 0.1) is 0 Å². The average molecular weight is 575 g/mol. The third-order valence-corrected chi connectivity index (χ3v) is 9.58. The maximum absolute atomic E-state index is 6.16. The summed E-state index contributed by atoms with van der Waals surface area (Å²) in [5, 5.41) is 16.0. The molecule has 2 heteroatoms. The number of hydrogen-bond acceptors (Lipinski definition) is 2. The first-order valence-corrected chi connectivity index (χ1v) is 16.3. The van der Waals surface area contributed by atoms with E-state index in [-0.39, 0.29) is 0 Å². The molecule has 0 aromatic heterocycles. The Morgan fingerprint density at radius 2 is 0.659 bits per heavy atom. The molecular weight excluding hydrogens is 536 g/mol. The van der Waals surface area contributed by atoms with Crippen LogP contribution in [-0.4, -0.2) is 13.2 Å². The summed E-state index contributed by atoms with van der Waals surface area (Å²) in [6.45, 7) is 3.00. The van der Waals surface area contributed by atoms with Crippen molar-refractivity contribution in [3.63, 3.8) is 0 Å². The maximum atomic E-state index is 6.16. The molecule has 0 N–H and O–H groups in total. The van der Waals surface area contributed by atoms with E-state index in [1.165, 1.54) is 101 Å². The molecule has 0 aliphatic carbocycles. The van der Waals surface area contributed by atoms with E-state index in [0.717, 1.165) is 26.1 Å². The summed E-state index contributed by atoms with van der Waals surface area (Å²) in [4.78, 5) is 0. The minimum absolute atomic E-state index is 0.678. The van der Waals surface area contributed by atoms with Gasteiger partial charge in [0, 0.05) is 13.2 Å². The second kappa shape index (κ2) is 12.0. The molecule has 0 spiro atoms. The van der Waals surface area contributed by atoms with Crippen LogP contribution in [0.25, 0.3) is 64.6 Å². The van der Waals surface area contributed by atoms with Gasteiger partial charge in [-0.3, -0.25) is 0 Å².